The van der Waals surface area contributed by atoms with E-state index < -0.39 is 5.82 Å². The molecule has 6 heteroatoms. The van der Waals surface area contributed by atoms with Crippen molar-refractivity contribution in [2.45, 2.75) is 97.2 Å². The summed E-state index contributed by atoms with van der Waals surface area (Å²) in [6, 6.07) is 4.17. The number of H-pyrrole nitrogens is 1. The molecular weight excluding hydrogens is 467 g/mol. The van der Waals surface area contributed by atoms with Gasteiger partial charge in [0.1, 0.15) is 11.6 Å². The molecule has 6 rings (SSSR count). The van der Waals surface area contributed by atoms with Gasteiger partial charge in [-0.05, 0) is 122 Å². The number of nitrogens with one attached hydrogen (secondary N) is 1. The number of aryl methyl sites for hydroxylation is 1. The fourth-order valence-electron chi connectivity index (χ4n) is 10.0. The van der Waals surface area contributed by atoms with E-state index in [1.54, 1.807) is 6.07 Å². The quantitative estimate of drug-likeness (QED) is 0.498. The van der Waals surface area contributed by atoms with Crippen LogP contribution in [0.25, 0.3) is 10.9 Å². The number of nitrogens with zero attached hydrogens (tertiary/aromatic N) is 1. The van der Waals surface area contributed by atoms with Crippen LogP contribution < -0.4 is 5.56 Å². The third kappa shape index (κ3) is 4.00. The Balaban J connectivity index is 1.19. The first kappa shape index (κ1) is 25.5. The van der Waals surface area contributed by atoms with Gasteiger partial charge in [-0.2, -0.15) is 0 Å². The van der Waals surface area contributed by atoms with Crippen molar-refractivity contribution < 1.29 is 14.6 Å². The lowest BCUT2D eigenvalue weighted by atomic mass is 9.43. The molecule has 1 heterocycles. The smallest absolute Gasteiger partial charge is 0.258 e. The molecule has 4 aliphatic rings. The second-order valence-corrected chi connectivity index (χ2v) is 13.6. The summed E-state index contributed by atoms with van der Waals surface area (Å²) in [6.07, 6.45) is 9.82. The van der Waals surface area contributed by atoms with Crippen molar-refractivity contribution in [1.82, 2.24) is 9.97 Å². The Morgan fingerprint density at radius 3 is 2.73 bits per heavy atom. The molecule has 4 saturated carbocycles. The van der Waals surface area contributed by atoms with E-state index >= 15 is 0 Å². The van der Waals surface area contributed by atoms with E-state index in [-0.39, 0.29) is 28.6 Å². The zero-order valence-corrected chi connectivity index (χ0v) is 22.5. The fourth-order valence-corrected chi connectivity index (χ4v) is 10.0. The van der Waals surface area contributed by atoms with Crippen LogP contribution in [0.5, 0.6) is 0 Å². The number of aliphatic hydroxyl groups excluding tert-OH is 2. The number of hydrogen-bond acceptors (Lipinski definition) is 4. The van der Waals surface area contributed by atoms with E-state index in [2.05, 4.69) is 30.7 Å². The van der Waals surface area contributed by atoms with E-state index in [1.807, 2.05) is 0 Å². The molecule has 202 valence electrons. The van der Waals surface area contributed by atoms with Crippen molar-refractivity contribution >= 4 is 10.9 Å². The molecule has 3 N–H and O–H groups in total. The molecule has 5 nitrogen and oxygen atoms in total. The summed E-state index contributed by atoms with van der Waals surface area (Å²) in [6.45, 7) is 7.15. The summed E-state index contributed by atoms with van der Waals surface area (Å²) < 4.78 is 13.6. The minimum atomic E-state index is -0.429. The predicted octanol–water partition coefficient (Wildman–Crippen LogP) is 5.62. The summed E-state index contributed by atoms with van der Waals surface area (Å²) in [5.74, 6) is 3.50. The van der Waals surface area contributed by atoms with Crippen LogP contribution in [0.3, 0.4) is 0 Å². The highest BCUT2D eigenvalue weighted by atomic mass is 19.1. The average Bonchev–Trinajstić information content (AvgIpc) is 3.23. The fraction of sp³-hybridized carbons (Fsp3) is 0.742. The first-order valence-electron chi connectivity index (χ1n) is 14.7. The van der Waals surface area contributed by atoms with Gasteiger partial charge in [0.25, 0.3) is 5.56 Å². The van der Waals surface area contributed by atoms with E-state index in [1.165, 1.54) is 31.4 Å². The largest absolute Gasteiger partial charge is 0.393 e. The Hall–Kier alpha value is -1.79. The number of benzene rings is 1. The van der Waals surface area contributed by atoms with Gasteiger partial charge in [0.15, 0.2) is 0 Å². The highest BCUT2D eigenvalue weighted by Gasteiger charge is 2.63. The Labute approximate surface area is 219 Å². The van der Waals surface area contributed by atoms with Gasteiger partial charge in [-0.25, -0.2) is 9.37 Å². The molecule has 0 aliphatic heterocycles. The average molecular weight is 511 g/mol. The predicted molar refractivity (Wildman–Crippen MR) is 142 cm³/mol. The summed E-state index contributed by atoms with van der Waals surface area (Å²) in [4.78, 5) is 20.0. The van der Waals surface area contributed by atoms with Gasteiger partial charge < -0.3 is 15.2 Å². The number of aromatic amines is 1. The van der Waals surface area contributed by atoms with Gasteiger partial charge in [-0.1, -0.05) is 20.8 Å². The van der Waals surface area contributed by atoms with Crippen molar-refractivity contribution in [1.29, 1.82) is 0 Å². The number of rotatable bonds is 4. The van der Waals surface area contributed by atoms with Crippen LogP contribution in [-0.2, 0) is 6.42 Å². The van der Waals surface area contributed by atoms with Gasteiger partial charge in [-0.15, -0.1) is 0 Å². The highest BCUT2D eigenvalue weighted by Crippen LogP contribution is 2.68. The molecular formula is C31H43FN2O3. The third-order valence-electron chi connectivity index (χ3n) is 12.1. The standard InChI is InChI=1S/C31H43FN2O3/c1-17(4-11-28-33-26-10-6-19(32)15-22(26)29(37)34-28)23-8-9-24-21-7-5-18-14-20(35)12-13-30(18,2)25(21)16-27(36)31(23,24)3/h6,10,15,17-18,20-21,23-25,27,35-36H,4-5,7-9,11-14,16H2,1-3H3,(H,33,34,37)/t17-,18-,20-,21+,23-,24+,25?,27+,30+,31-/m1/s1. The monoisotopic (exact) mass is 510 g/mol. The Kier molecular flexibility index (Phi) is 6.30. The highest BCUT2D eigenvalue weighted by molar-refractivity contribution is 5.77. The Morgan fingerprint density at radius 1 is 1.11 bits per heavy atom. The van der Waals surface area contributed by atoms with E-state index in [0.717, 1.165) is 38.5 Å². The number of hydrogen-bond donors (Lipinski definition) is 3. The SMILES string of the molecule is C[C@H](CCc1nc2ccc(F)cc2c(=O)[nH]1)[C@H]1CC[C@H]2[C@@H]3CC[C@@H]4C[C@H](O)CC[C@]4(C)C3C[C@H](O)[C@]12C. The zero-order chi connectivity index (χ0) is 26.1. The molecule has 1 unspecified atom stereocenters. The second kappa shape index (κ2) is 9.15. The van der Waals surface area contributed by atoms with Crippen LogP contribution in [-0.4, -0.2) is 32.4 Å². The maximum absolute atomic E-state index is 13.6. The lowest BCUT2D eigenvalue weighted by Gasteiger charge is -2.62. The summed E-state index contributed by atoms with van der Waals surface area (Å²) >= 11 is 0. The minimum Gasteiger partial charge on any atom is -0.393 e. The Bertz CT molecular complexity index is 1230. The van der Waals surface area contributed by atoms with Crippen molar-refractivity contribution in [3.63, 3.8) is 0 Å². The van der Waals surface area contributed by atoms with Crippen LogP contribution in [0.15, 0.2) is 23.0 Å². The molecule has 1 aromatic carbocycles. The van der Waals surface area contributed by atoms with Gasteiger partial charge >= 0.3 is 0 Å². The molecule has 0 saturated heterocycles. The van der Waals surface area contributed by atoms with Crippen molar-refractivity contribution in [3.05, 3.63) is 40.2 Å². The maximum Gasteiger partial charge on any atom is 0.258 e. The lowest BCUT2D eigenvalue weighted by molar-refractivity contribution is -0.174. The molecule has 4 fully saturated rings. The van der Waals surface area contributed by atoms with Gasteiger partial charge in [0.2, 0.25) is 0 Å². The molecule has 10 atom stereocenters. The van der Waals surface area contributed by atoms with Crippen LogP contribution in [0, 0.1) is 52.2 Å². The van der Waals surface area contributed by atoms with Crippen LogP contribution in [0.4, 0.5) is 4.39 Å². The molecule has 2 aromatic rings. The number of aliphatic hydroxyl groups is 2. The first-order valence-corrected chi connectivity index (χ1v) is 14.7. The Morgan fingerprint density at radius 2 is 1.92 bits per heavy atom. The van der Waals surface area contributed by atoms with Gasteiger partial charge in [-0.3, -0.25) is 4.79 Å². The van der Waals surface area contributed by atoms with Crippen LogP contribution >= 0.6 is 0 Å². The molecule has 37 heavy (non-hydrogen) atoms. The lowest BCUT2D eigenvalue weighted by Crippen LogP contribution is -2.58. The van der Waals surface area contributed by atoms with Crippen molar-refractivity contribution in [2.75, 3.05) is 0 Å². The maximum atomic E-state index is 13.6. The summed E-state index contributed by atoms with van der Waals surface area (Å²) in [7, 11) is 0. The molecule has 0 amide bonds. The minimum absolute atomic E-state index is 0.0697. The molecule has 4 aliphatic carbocycles. The molecule has 0 radical (unpaired) electrons. The second-order valence-electron chi connectivity index (χ2n) is 13.6. The number of halogens is 1. The van der Waals surface area contributed by atoms with Crippen molar-refractivity contribution in [2.24, 2.45) is 46.3 Å². The van der Waals surface area contributed by atoms with Gasteiger partial charge in [0, 0.05) is 6.42 Å². The van der Waals surface area contributed by atoms with Gasteiger partial charge in [0.05, 0.1) is 23.1 Å². The van der Waals surface area contributed by atoms with E-state index in [0.29, 0.717) is 58.7 Å². The van der Waals surface area contributed by atoms with E-state index in [4.69, 9.17) is 0 Å². The van der Waals surface area contributed by atoms with E-state index in [9.17, 15) is 19.4 Å². The number of aromatic nitrogens is 2. The van der Waals surface area contributed by atoms with Crippen LogP contribution in [0.2, 0.25) is 0 Å². The van der Waals surface area contributed by atoms with Crippen molar-refractivity contribution in [3.8, 4) is 0 Å². The molecule has 0 bridgehead atoms. The number of fused-ring (bicyclic) bond motifs is 6. The summed E-state index contributed by atoms with van der Waals surface area (Å²) in [5.41, 5.74) is 0.437. The topological polar surface area (TPSA) is 86.2 Å². The normalized spacial score (nSPS) is 42.2. The zero-order valence-electron chi connectivity index (χ0n) is 22.5. The first-order chi connectivity index (χ1) is 17.6. The van der Waals surface area contributed by atoms with Crippen LogP contribution in [0.1, 0.15) is 84.4 Å². The third-order valence-corrected chi connectivity index (χ3v) is 12.1. The molecule has 1 aromatic heterocycles. The summed E-state index contributed by atoms with van der Waals surface area (Å²) in [5, 5.41) is 22.4. The molecule has 0 spiro atoms.